The summed E-state index contributed by atoms with van der Waals surface area (Å²) in [4.78, 5) is 11.0. The maximum Gasteiger partial charge on any atom is 0.234 e. The van der Waals surface area contributed by atoms with Crippen LogP contribution in [-0.2, 0) is 9.53 Å². The summed E-state index contributed by atoms with van der Waals surface area (Å²) in [6, 6.07) is 0. The van der Waals surface area contributed by atoms with Crippen molar-refractivity contribution < 1.29 is 9.53 Å². The van der Waals surface area contributed by atoms with Gasteiger partial charge in [0, 0.05) is 26.2 Å². The fourth-order valence-electron chi connectivity index (χ4n) is 0.806. The minimum Gasteiger partial charge on any atom is -0.379 e. The Balaban J connectivity index is 3.07. The first-order chi connectivity index (χ1) is 6.81. The average molecular weight is 204 g/mol. The molecule has 14 heavy (non-hydrogen) atoms. The van der Waals surface area contributed by atoms with E-state index in [2.05, 4.69) is 10.6 Å². The molecule has 0 atom stereocenters. The topological polar surface area (TPSA) is 102 Å². The van der Waals surface area contributed by atoms with E-state index in [-0.39, 0.29) is 5.91 Å². The lowest BCUT2D eigenvalue weighted by atomic mass is 10.5. The number of carbonyl (C=O) groups excluding carboxylic acids is 1. The Morgan fingerprint density at radius 3 is 2.57 bits per heavy atom. The molecule has 0 aliphatic rings. The molecule has 0 aliphatic heterocycles. The van der Waals surface area contributed by atoms with E-state index in [0.29, 0.717) is 45.9 Å². The zero-order chi connectivity index (χ0) is 10.6. The van der Waals surface area contributed by atoms with Crippen LogP contribution in [0.25, 0.3) is 0 Å². The second kappa shape index (κ2) is 10.4. The summed E-state index contributed by atoms with van der Waals surface area (Å²) >= 11 is 0. The highest BCUT2D eigenvalue weighted by Crippen LogP contribution is 1.70. The molecule has 0 aromatic carbocycles. The lowest BCUT2D eigenvalue weighted by Gasteiger charge is -2.05. The van der Waals surface area contributed by atoms with Gasteiger partial charge < -0.3 is 26.8 Å². The maximum atomic E-state index is 11.0. The van der Waals surface area contributed by atoms with Crippen LogP contribution in [0.15, 0.2) is 0 Å². The summed E-state index contributed by atoms with van der Waals surface area (Å²) in [5, 5.41) is 5.58. The Morgan fingerprint density at radius 1 is 1.14 bits per heavy atom. The zero-order valence-corrected chi connectivity index (χ0v) is 8.42. The van der Waals surface area contributed by atoms with Gasteiger partial charge in [-0.25, -0.2) is 0 Å². The van der Waals surface area contributed by atoms with Crippen LogP contribution in [0.3, 0.4) is 0 Å². The lowest BCUT2D eigenvalue weighted by Crippen LogP contribution is -2.37. The molecule has 0 aromatic rings. The smallest absolute Gasteiger partial charge is 0.234 e. The molecule has 6 nitrogen and oxygen atoms in total. The summed E-state index contributed by atoms with van der Waals surface area (Å²) in [6.45, 7) is 3.58. The quantitative estimate of drug-likeness (QED) is 0.314. The molecular weight excluding hydrogens is 184 g/mol. The molecule has 0 saturated heterocycles. The standard InChI is InChI=1S/C8H20N4O2/c9-1-3-12-8(13)7-11-4-6-14-5-2-10/h11H,1-7,9-10H2,(H,12,13). The van der Waals surface area contributed by atoms with Gasteiger partial charge in [0.2, 0.25) is 5.91 Å². The highest BCUT2D eigenvalue weighted by molar-refractivity contribution is 5.77. The van der Waals surface area contributed by atoms with Gasteiger partial charge in [-0.2, -0.15) is 0 Å². The minimum absolute atomic E-state index is 0.0470. The van der Waals surface area contributed by atoms with Crippen molar-refractivity contribution in [3.63, 3.8) is 0 Å². The number of amides is 1. The largest absolute Gasteiger partial charge is 0.379 e. The molecular formula is C8H20N4O2. The summed E-state index contributed by atoms with van der Waals surface area (Å²) in [6.07, 6.45) is 0. The predicted molar refractivity (Wildman–Crippen MR) is 54.8 cm³/mol. The molecule has 0 saturated carbocycles. The van der Waals surface area contributed by atoms with Crippen LogP contribution in [0.5, 0.6) is 0 Å². The molecule has 0 spiro atoms. The second-order valence-electron chi connectivity index (χ2n) is 2.72. The van der Waals surface area contributed by atoms with Crippen molar-refractivity contribution in [2.75, 3.05) is 45.9 Å². The van der Waals surface area contributed by atoms with E-state index in [1.807, 2.05) is 0 Å². The fourth-order valence-corrected chi connectivity index (χ4v) is 0.806. The van der Waals surface area contributed by atoms with Crippen LogP contribution < -0.4 is 22.1 Å². The SMILES string of the molecule is NCCNC(=O)CNCCOCCN. The van der Waals surface area contributed by atoms with E-state index in [1.165, 1.54) is 0 Å². The van der Waals surface area contributed by atoms with Gasteiger partial charge in [0.1, 0.15) is 0 Å². The highest BCUT2D eigenvalue weighted by atomic mass is 16.5. The van der Waals surface area contributed by atoms with Crippen molar-refractivity contribution in [3.8, 4) is 0 Å². The van der Waals surface area contributed by atoms with Gasteiger partial charge in [0.25, 0.3) is 0 Å². The number of nitrogens with one attached hydrogen (secondary N) is 2. The lowest BCUT2D eigenvalue weighted by molar-refractivity contribution is -0.120. The van der Waals surface area contributed by atoms with Crippen molar-refractivity contribution in [1.29, 1.82) is 0 Å². The number of hydrogen-bond acceptors (Lipinski definition) is 5. The van der Waals surface area contributed by atoms with Gasteiger partial charge in [-0.05, 0) is 0 Å². The summed E-state index contributed by atoms with van der Waals surface area (Å²) in [5.74, 6) is -0.0470. The van der Waals surface area contributed by atoms with Crippen molar-refractivity contribution in [3.05, 3.63) is 0 Å². The average Bonchev–Trinajstić information content (AvgIpc) is 2.20. The molecule has 0 bridgehead atoms. The van der Waals surface area contributed by atoms with Gasteiger partial charge in [0.15, 0.2) is 0 Å². The number of ether oxygens (including phenoxy) is 1. The van der Waals surface area contributed by atoms with E-state index in [0.717, 1.165) is 0 Å². The van der Waals surface area contributed by atoms with Gasteiger partial charge >= 0.3 is 0 Å². The first kappa shape index (κ1) is 13.3. The first-order valence-corrected chi connectivity index (χ1v) is 4.76. The molecule has 0 rings (SSSR count). The number of carbonyl (C=O) groups is 1. The van der Waals surface area contributed by atoms with Crippen LogP contribution in [-0.4, -0.2) is 51.8 Å². The van der Waals surface area contributed by atoms with Crippen molar-refractivity contribution in [2.45, 2.75) is 0 Å². The van der Waals surface area contributed by atoms with E-state index < -0.39 is 0 Å². The van der Waals surface area contributed by atoms with Crippen LogP contribution in [0.2, 0.25) is 0 Å². The van der Waals surface area contributed by atoms with Crippen molar-refractivity contribution >= 4 is 5.91 Å². The van der Waals surface area contributed by atoms with Crippen molar-refractivity contribution in [2.24, 2.45) is 11.5 Å². The number of nitrogens with two attached hydrogens (primary N) is 2. The number of rotatable bonds is 9. The Labute approximate surface area is 84.3 Å². The molecule has 6 N–H and O–H groups in total. The van der Waals surface area contributed by atoms with E-state index in [1.54, 1.807) is 0 Å². The van der Waals surface area contributed by atoms with Crippen LogP contribution >= 0.6 is 0 Å². The van der Waals surface area contributed by atoms with E-state index in [9.17, 15) is 4.79 Å². The molecule has 6 heteroatoms. The van der Waals surface area contributed by atoms with Crippen LogP contribution in [0.1, 0.15) is 0 Å². The second-order valence-corrected chi connectivity index (χ2v) is 2.72. The Kier molecular flexibility index (Phi) is 9.88. The number of hydrogen-bond donors (Lipinski definition) is 4. The third kappa shape index (κ3) is 9.40. The van der Waals surface area contributed by atoms with Gasteiger partial charge in [-0.1, -0.05) is 0 Å². The van der Waals surface area contributed by atoms with Crippen molar-refractivity contribution in [1.82, 2.24) is 10.6 Å². The zero-order valence-electron chi connectivity index (χ0n) is 8.42. The minimum atomic E-state index is -0.0470. The van der Waals surface area contributed by atoms with E-state index >= 15 is 0 Å². The Morgan fingerprint density at radius 2 is 1.93 bits per heavy atom. The third-order valence-corrected chi connectivity index (χ3v) is 1.44. The Hall–Kier alpha value is -0.690. The summed E-state index contributed by atoms with van der Waals surface area (Å²) in [5.41, 5.74) is 10.4. The molecule has 0 aliphatic carbocycles. The molecule has 84 valence electrons. The van der Waals surface area contributed by atoms with Gasteiger partial charge in [-0.3, -0.25) is 4.79 Å². The normalized spacial score (nSPS) is 10.1. The Bertz CT molecular complexity index is 143. The maximum absolute atomic E-state index is 11.0. The molecule has 1 amide bonds. The monoisotopic (exact) mass is 204 g/mol. The van der Waals surface area contributed by atoms with E-state index in [4.69, 9.17) is 16.2 Å². The van der Waals surface area contributed by atoms with Crippen LogP contribution in [0, 0.1) is 0 Å². The summed E-state index contributed by atoms with van der Waals surface area (Å²) < 4.78 is 5.11. The molecule has 0 fully saturated rings. The molecule has 0 heterocycles. The molecule has 0 aromatic heterocycles. The van der Waals surface area contributed by atoms with Gasteiger partial charge in [0.05, 0.1) is 19.8 Å². The molecule has 0 unspecified atom stereocenters. The highest BCUT2D eigenvalue weighted by Gasteiger charge is 1.97. The van der Waals surface area contributed by atoms with Gasteiger partial charge in [-0.15, -0.1) is 0 Å². The molecule has 0 radical (unpaired) electrons. The summed E-state index contributed by atoms with van der Waals surface area (Å²) in [7, 11) is 0. The predicted octanol–water partition coefficient (Wildman–Crippen LogP) is -2.37. The third-order valence-electron chi connectivity index (χ3n) is 1.44. The fraction of sp³-hybridized carbons (Fsp3) is 0.875. The van der Waals surface area contributed by atoms with Crippen LogP contribution in [0.4, 0.5) is 0 Å². The first-order valence-electron chi connectivity index (χ1n) is 4.76.